The van der Waals surface area contributed by atoms with Crippen LogP contribution in [0.1, 0.15) is 55.4 Å². The first kappa shape index (κ1) is 22.5. The second kappa shape index (κ2) is 9.29. The molecule has 1 aliphatic carbocycles. The number of phenols is 1. The van der Waals surface area contributed by atoms with Crippen molar-refractivity contribution in [3.05, 3.63) is 40.5 Å². The van der Waals surface area contributed by atoms with Gasteiger partial charge in [-0.3, -0.25) is 4.79 Å². The second-order valence-electron chi connectivity index (χ2n) is 7.84. The molecule has 0 saturated carbocycles. The molecule has 0 radical (unpaired) electrons. The number of fused-ring (bicyclic) bond motifs is 1. The summed E-state index contributed by atoms with van der Waals surface area (Å²) in [6.07, 6.45) is 2.49. The Morgan fingerprint density at radius 2 is 1.87 bits per heavy atom. The van der Waals surface area contributed by atoms with Crippen molar-refractivity contribution >= 4 is 17.6 Å². The topological polar surface area (TPSA) is 94.1 Å². The van der Waals surface area contributed by atoms with Gasteiger partial charge >= 0.3 is 11.9 Å². The molecule has 2 aromatic carbocycles. The third-order valence-electron chi connectivity index (χ3n) is 5.38. The first-order valence-corrected chi connectivity index (χ1v) is 10.5. The lowest BCUT2D eigenvalue weighted by atomic mass is 10.00. The van der Waals surface area contributed by atoms with Crippen LogP contribution in [0.25, 0.3) is 0 Å². The summed E-state index contributed by atoms with van der Waals surface area (Å²) in [7, 11) is 1.55. The summed E-state index contributed by atoms with van der Waals surface area (Å²) in [5, 5.41) is 13.0. The summed E-state index contributed by atoms with van der Waals surface area (Å²) in [6.45, 7) is 7.64. The average molecular weight is 427 g/mol. The molecule has 0 aromatic heterocycles. The summed E-state index contributed by atoms with van der Waals surface area (Å²) >= 11 is 0. The first-order valence-electron chi connectivity index (χ1n) is 10.5. The molecular weight excluding hydrogens is 398 g/mol. The molecule has 0 saturated heterocycles. The zero-order chi connectivity index (χ0) is 22.7. The molecule has 7 heteroatoms. The van der Waals surface area contributed by atoms with Crippen LogP contribution in [0, 0.1) is 6.92 Å². The predicted molar refractivity (Wildman–Crippen MR) is 117 cm³/mol. The minimum absolute atomic E-state index is 0.0470. The SMILES string of the molecule is CCOC(=O)C(=O)Nc1cc(C)c(Oc2ccc(O)c(C(C)C)c2OC)c2c1CCC2. The lowest BCUT2D eigenvalue weighted by Gasteiger charge is -2.21. The summed E-state index contributed by atoms with van der Waals surface area (Å²) < 4.78 is 16.7. The maximum absolute atomic E-state index is 12.1. The molecule has 1 aliphatic rings. The van der Waals surface area contributed by atoms with E-state index in [0.717, 1.165) is 36.0 Å². The van der Waals surface area contributed by atoms with E-state index in [2.05, 4.69) is 5.32 Å². The number of aromatic hydroxyl groups is 1. The molecule has 0 spiro atoms. The third-order valence-corrected chi connectivity index (χ3v) is 5.38. The van der Waals surface area contributed by atoms with Crippen LogP contribution in [0.2, 0.25) is 0 Å². The average Bonchev–Trinajstić information content (AvgIpc) is 3.21. The number of anilines is 1. The Morgan fingerprint density at radius 3 is 2.52 bits per heavy atom. The van der Waals surface area contributed by atoms with Crippen LogP contribution in [0.4, 0.5) is 5.69 Å². The van der Waals surface area contributed by atoms with Crippen molar-refractivity contribution in [2.24, 2.45) is 0 Å². The van der Waals surface area contributed by atoms with Crippen molar-refractivity contribution in [1.82, 2.24) is 0 Å². The van der Waals surface area contributed by atoms with Gasteiger partial charge < -0.3 is 24.6 Å². The van der Waals surface area contributed by atoms with Gasteiger partial charge in [-0.25, -0.2) is 4.79 Å². The standard InChI is InChI=1S/C24H29NO6/c1-6-30-24(28)23(27)25-17-12-14(4)21(16-9-7-8-15(16)17)31-19-11-10-18(26)20(13(2)3)22(19)29-5/h10-13,26H,6-9H2,1-5H3,(H,25,27). The van der Waals surface area contributed by atoms with E-state index in [4.69, 9.17) is 14.2 Å². The molecule has 0 bridgehead atoms. The van der Waals surface area contributed by atoms with Crippen LogP contribution in [-0.2, 0) is 27.2 Å². The van der Waals surface area contributed by atoms with E-state index < -0.39 is 11.9 Å². The van der Waals surface area contributed by atoms with Gasteiger partial charge in [0.15, 0.2) is 11.5 Å². The van der Waals surface area contributed by atoms with Crippen LogP contribution in [0.3, 0.4) is 0 Å². The molecule has 0 fully saturated rings. The minimum Gasteiger partial charge on any atom is -0.508 e. The molecule has 31 heavy (non-hydrogen) atoms. The van der Waals surface area contributed by atoms with Gasteiger partial charge in [-0.05, 0) is 68.4 Å². The van der Waals surface area contributed by atoms with Gasteiger partial charge in [-0.2, -0.15) is 0 Å². The van der Waals surface area contributed by atoms with Crippen molar-refractivity contribution in [3.8, 4) is 23.0 Å². The van der Waals surface area contributed by atoms with E-state index in [-0.39, 0.29) is 18.3 Å². The van der Waals surface area contributed by atoms with E-state index in [9.17, 15) is 14.7 Å². The normalized spacial score (nSPS) is 12.5. The number of hydrogen-bond acceptors (Lipinski definition) is 6. The fourth-order valence-electron chi connectivity index (χ4n) is 4.05. The van der Waals surface area contributed by atoms with Gasteiger partial charge in [0.25, 0.3) is 0 Å². The molecule has 0 unspecified atom stereocenters. The number of carbonyl (C=O) groups excluding carboxylic acids is 2. The van der Waals surface area contributed by atoms with Gasteiger partial charge in [0.1, 0.15) is 11.5 Å². The lowest BCUT2D eigenvalue weighted by molar-refractivity contribution is -0.152. The first-order chi connectivity index (χ1) is 14.8. The molecule has 2 N–H and O–H groups in total. The van der Waals surface area contributed by atoms with Crippen LogP contribution < -0.4 is 14.8 Å². The number of aryl methyl sites for hydroxylation is 1. The zero-order valence-electron chi connectivity index (χ0n) is 18.6. The Bertz CT molecular complexity index is 1010. The fourth-order valence-corrected chi connectivity index (χ4v) is 4.05. The minimum atomic E-state index is -0.901. The van der Waals surface area contributed by atoms with E-state index in [1.807, 2.05) is 26.8 Å². The fraction of sp³-hybridized carbons (Fsp3) is 0.417. The van der Waals surface area contributed by atoms with E-state index >= 15 is 0 Å². The molecule has 3 rings (SSSR count). The monoisotopic (exact) mass is 427 g/mol. The number of phenolic OH excluding ortho intramolecular Hbond substituents is 1. The summed E-state index contributed by atoms with van der Waals surface area (Å²) in [5.41, 5.74) is 4.07. The Balaban J connectivity index is 2.00. The van der Waals surface area contributed by atoms with Gasteiger partial charge in [0.2, 0.25) is 0 Å². The van der Waals surface area contributed by atoms with Crippen molar-refractivity contribution in [2.45, 2.75) is 52.9 Å². The highest BCUT2D eigenvalue weighted by Crippen LogP contribution is 2.46. The Hall–Kier alpha value is -3.22. The number of nitrogens with one attached hydrogen (secondary N) is 1. The van der Waals surface area contributed by atoms with E-state index in [1.165, 1.54) is 0 Å². The Morgan fingerprint density at radius 1 is 1.16 bits per heavy atom. The molecule has 2 aromatic rings. The largest absolute Gasteiger partial charge is 0.508 e. The smallest absolute Gasteiger partial charge is 0.397 e. The molecule has 166 valence electrons. The van der Waals surface area contributed by atoms with Crippen molar-refractivity contribution in [1.29, 1.82) is 0 Å². The van der Waals surface area contributed by atoms with Gasteiger partial charge in [-0.1, -0.05) is 13.8 Å². The summed E-state index contributed by atoms with van der Waals surface area (Å²) in [4.78, 5) is 23.9. The van der Waals surface area contributed by atoms with E-state index in [0.29, 0.717) is 28.5 Å². The van der Waals surface area contributed by atoms with Gasteiger partial charge in [-0.15, -0.1) is 0 Å². The lowest BCUT2D eigenvalue weighted by Crippen LogP contribution is -2.25. The number of hydrogen-bond donors (Lipinski definition) is 2. The molecule has 0 aliphatic heterocycles. The number of carbonyl (C=O) groups is 2. The maximum atomic E-state index is 12.1. The molecule has 0 heterocycles. The van der Waals surface area contributed by atoms with Gasteiger partial charge in [0.05, 0.1) is 13.7 Å². The summed E-state index contributed by atoms with van der Waals surface area (Å²) in [5.74, 6) is 0.252. The number of rotatable bonds is 6. The number of methoxy groups -OCH3 is 1. The number of ether oxygens (including phenoxy) is 3. The van der Waals surface area contributed by atoms with Crippen LogP contribution in [0.5, 0.6) is 23.0 Å². The van der Waals surface area contributed by atoms with Crippen molar-refractivity contribution < 1.29 is 28.9 Å². The highest BCUT2D eigenvalue weighted by atomic mass is 16.5. The quantitative estimate of drug-likeness (QED) is 0.516. The van der Waals surface area contributed by atoms with Crippen molar-refractivity contribution in [2.75, 3.05) is 19.0 Å². The van der Waals surface area contributed by atoms with E-state index in [1.54, 1.807) is 26.2 Å². The zero-order valence-corrected chi connectivity index (χ0v) is 18.6. The molecule has 1 amide bonds. The van der Waals surface area contributed by atoms with Crippen LogP contribution in [0.15, 0.2) is 18.2 Å². The highest BCUT2D eigenvalue weighted by Gasteiger charge is 2.26. The Labute approximate surface area is 182 Å². The molecular formula is C24H29NO6. The molecule has 0 atom stereocenters. The maximum Gasteiger partial charge on any atom is 0.397 e. The molecule has 7 nitrogen and oxygen atoms in total. The van der Waals surface area contributed by atoms with Crippen LogP contribution in [-0.4, -0.2) is 30.7 Å². The van der Waals surface area contributed by atoms with Crippen molar-refractivity contribution in [3.63, 3.8) is 0 Å². The second-order valence-corrected chi connectivity index (χ2v) is 7.84. The predicted octanol–water partition coefficient (Wildman–Crippen LogP) is 4.62. The third kappa shape index (κ3) is 4.45. The Kier molecular flexibility index (Phi) is 6.73. The highest BCUT2D eigenvalue weighted by molar-refractivity contribution is 6.37. The van der Waals surface area contributed by atoms with Gasteiger partial charge in [0, 0.05) is 16.8 Å². The number of benzene rings is 2. The summed E-state index contributed by atoms with van der Waals surface area (Å²) in [6, 6.07) is 5.11. The number of amides is 1. The van der Waals surface area contributed by atoms with Crippen LogP contribution >= 0.6 is 0 Å². The number of esters is 1.